The van der Waals surface area contributed by atoms with Crippen LogP contribution in [0.25, 0.3) is 10.9 Å². The van der Waals surface area contributed by atoms with E-state index in [9.17, 15) is 9.18 Å². The van der Waals surface area contributed by atoms with Gasteiger partial charge in [0.05, 0.1) is 22.3 Å². The Balaban J connectivity index is 1.69. The lowest BCUT2D eigenvalue weighted by molar-refractivity contribution is 0.0954. The van der Waals surface area contributed by atoms with Crippen molar-refractivity contribution in [2.45, 2.75) is 26.7 Å². The molecule has 124 valence electrons. The number of carbonyl (C=O) groups is 1. The number of aryl methyl sites for hydroxylation is 3. The van der Waals surface area contributed by atoms with Crippen molar-refractivity contribution in [3.63, 3.8) is 0 Å². The van der Waals surface area contributed by atoms with Gasteiger partial charge in [0.1, 0.15) is 5.82 Å². The summed E-state index contributed by atoms with van der Waals surface area (Å²) in [6, 6.07) is 6.05. The zero-order valence-corrected chi connectivity index (χ0v) is 14.4. The average Bonchev–Trinajstić information content (AvgIpc) is 2.95. The van der Waals surface area contributed by atoms with Crippen LogP contribution >= 0.6 is 11.3 Å². The number of halogens is 1. The topological polar surface area (TPSA) is 54.9 Å². The Morgan fingerprint density at radius 2 is 2.12 bits per heavy atom. The van der Waals surface area contributed by atoms with Gasteiger partial charge in [0, 0.05) is 28.6 Å². The highest BCUT2D eigenvalue weighted by Crippen LogP contribution is 2.20. The van der Waals surface area contributed by atoms with Crippen molar-refractivity contribution in [1.82, 2.24) is 15.3 Å². The largest absolute Gasteiger partial charge is 0.352 e. The molecule has 0 fully saturated rings. The van der Waals surface area contributed by atoms with Crippen LogP contribution in [0.5, 0.6) is 0 Å². The molecule has 0 radical (unpaired) electrons. The monoisotopic (exact) mass is 343 g/mol. The van der Waals surface area contributed by atoms with E-state index >= 15 is 0 Å². The first kappa shape index (κ1) is 16.5. The molecule has 0 atom stereocenters. The summed E-state index contributed by atoms with van der Waals surface area (Å²) in [6.07, 6.45) is 1.75. The van der Waals surface area contributed by atoms with Gasteiger partial charge in [-0.05, 0) is 44.9 Å². The molecule has 0 saturated carbocycles. The predicted molar refractivity (Wildman–Crippen MR) is 93.9 cm³/mol. The number of nitrogens with one attached hydrogen (secondary N) is 1. The fourth-order valence-electron chi connectivity index (χ4n) is 2.63. The van der Waals surface area contributed by atoms with Crippen LogP contribution in [-0.2, 0) is 6.42 Å². The molecule has 1 amide bonds. The van der Waals surface area contributed by atoms with Crippen LogP contribution in [0.2, 0.25) is 0 Å². The molecule has 6 heteroatoms. The fraction of sp³-hybridized carbons (Fsp3) is 0.278. The van der Waals surface area contributed by atoms with Crippen molar-refractivity contribution < 1.29 is 9.18 Å². The lowest BCUT2D eigenvalue weighted by Gasteiger charge is -2.09. The van der Waals surface area contributed by atoms with E-state index in [1.54, 1.807) is 30.4 Å². The Morgan fingerprint density at radius 1 is 1.29 bits per heavy atom. The fourth-order valence-corrected chi connectivity index (χ4v) is 3.46. The summed E-state index contributed by atoms with van der Waals surface area (Å²) in [5.41, 5.74) is 4.63. The summed E-state index contributed by atoms with van der Waals surface area (Å²) in [5, 5.41) is 3.60. The zero-order valence-electron chi connectivity index (χ0n) is 13.6. The van der Waals surface area contributed by atoms with Crippen LogP contribution in [0.1, 0.15) is 33.0 Å². The number of thiazole rings is 1. The maximum atomic E-state index is 13.4. The zero-order chi connectivity index (χ0) is 17.1. The van der Waals surface area contributed by atoms with E-state index in [4.69, 9.17) is 0 Å². The van der Waals surface area contributed by atoms with Gasteiger partial charge in [0.25, 0.3) is 5.91 Å². The lowest BCUT2D eigenvalue weighted by Crippen LogP contribution is -2.25. The first-order valence-corrected chi connectivity index (χ1v) is 8.66. The van der Waals surface area contributed by atoms with E-state index in [1.165, 1.54) is 17.0 Å². The summed E-state index contributed by atoms with van der Waals surface area (Å²) < 4.78 is 13.4. The van der Waals surface area contributed by atoms with Crippen LogP contribution < -0.4 is 5.32 Å². The molecular formula is C18H18FN3OS. The van der Waals surface area contributed by atoms with Crippen molar-refractivity contribution in [2.24, 2.45) is 0 Å². The third-order valence-electron chi connectivity index (χ3n) is 3.86. The van der Waals surface area contributed by atoms with E-state index in [2.05, 4.69) is 15.3 Å². The number of nitrogens with zero attached hydrogens (tertiary/aromatic N) is 2. The lowest BCUT2D eigenvalue weighted by atomic mass is 10.1. The van der Waals surface area contributed by atoms with Gasteiger partial charge in [-0.2, -0.15) is 0 Å². The smallest absolute Gasteiger partial charge is 0.252 e. The Labute approximate surface area is 143 Å². The first-order chi connectivity index (χ1) is 11.5. The number of hydrogen-bond acceptors (Lipinski definition) is 4. The molecule has 3 rings (SSSR count). The van der Waals surface area contributed by atoms with Crippen LogP contribution in [-0.4, -0.2) is 22.4 Å². The van der Waals surface area contributed by atoms with Crippen molar-refractivity contribution in [3.8, 4) is 0 Å². The third-order valence-corrected chi connectivity index (χ3v) is 4.85. The Morgan fingerprint density at radius 3 is 2.88 bits per heavy atom. The minimum absolute atomic E-state index is 0.155. The number of amides is 1. The molecule has 0 aliphatic rings. The average molecular weight is 343 g/mol. The Hall–Kier alpha value is -2.34. The Bertz CT molecular complexity index is 886. The first-order valence-electron chi connectivity index (χ1n) is 7.78. The molecule has 3 aromatic rings. The molecule has 0 aliphatic heterocycles. The number of fused-ring (bicyclic) bond motifs is 1. The number of aromatic nitrogens is 2. The molecule has 0 saturated heterocycles. The molecule has 4 nitrogen and oxygen atoms in total. The number of hydrogen-bond donors (Lipinski definition) is 1. The molecular weight excluding hydrogens is 325 g/mol. The SMILES string of the molecule is Cc1cc(C(=O)NCCCc2scnc2C)c2ccc(F)cc2n1. The second-order valence-corrected chi connectivity index (χ2v) is 6.63. The van der Waals surface area contributed by atoms with Gasteiger partial charge in [-0.3, -0.25) is 9.78 Å². The van der Waals surface area contributed by atoms with Gasteiger partial charge >= 0.3 is 0 Å². The minimum atomic E-state index is -0.355. The van der Waals surface area contributed by atoms with Crippen LogP contribution in [0.4, 0.5) is 4.39 Å². The highest BCUT2D eigenvalue weighted by atomic mass is 32.1. The van der Waals surface area contributed by atoms with Crippen molar-refractivity contribution >= 4 is 28.1 Å². The molecule has 2 aromatic heterocycles. The summed E-state index contributed by atoms with van der Waals surface area (Å²) in [6.45, 7) is 4.38. The number of rotatable bonds is 5. The van der Waals surface area contributed by atoms with Gasteiger partial charge in [-0.1, -0.05) is 0 Å². The van der Waals surface area contributed by atoms with Gasteiger partial charge in [0.2, 0.25) is 0 Å². The molecule has 0 bridgehead atoms. The van der Waals surface area contributed by atoms with E-state index in [1.807, 2.05) is 12.4 Å². The minimum Gasteiger partial charge on any atom is -0.352 e. The van der Waals surface area contributed by atoms with Gasteiger partial charge in [-0.15, -0.1) is 11.3 Å². The van der Waals surface area contributed by atoms with Crippen molar-refractivity contribution in [1.29, 1.82) is 0 Å². The summed E-state index contributed by atoms with van der Waals surface area (Å²) in [7, 11) is 0. The van der Waals surface area contributed by atoms with Gasteiger partial charge in [0.15, 0.2) is 0 Å². The molecule has 0 aliphatic carbocycles. The van der Waals surface area contributed by atoms with Crippen molar-refractivity contribution in [3.05, 3.63) is 57.4 Å². The summed E-state index contributed by atoms with van der Waals surface area (Å²) in [5.74, 6) is -0.509. The molecule has 1 N–H and O–H groups in total. The maximum absolute atomic E-state index is 13.4. The van der Waals surface area contributed by atoms with Crippen LogP contribution in [0.15, 0.2) is 29.8 Å². The Kier molecular flexibility index (Phi) is 4.85. The number of carbonyl (C=O) groups excluding carboxylic acids is 1. The molecule has 0 unspecified atom stereocenters. The van der Waals surface area contributed by atoms with Gasteiger partial charge < -0.3 is 5.32 Å². The number of benzene rings is 1. The predicted octanol–water partition coefficient (Wildman–Crippen LogP) is 3.81. The van der Waals surface area contributed by atoms with E-state index in [0.717, 1.165) is 18.5 Å². The maximum Gasteiger partial charge on any atom is 0.252 e. The summed E-state index contributed by atoms with van der Waals surface area (Å²) in [4.78, 5) is 22.3. The highest BCUT2D eigenvalue weighted by molar-refractivity contribution is 7.09. The molecule has 2 heterocycles. The van der Waals surface area contributed by atoms with Crippen LogP contribution in [0, 0.1) is 19.7 Å². The quantitative estimate of drug-likeness (QED) is 0.717. The molecule has 24 heavy (non-hydrogen) atoms. The summed E-state index contributed by atoms with van der Waals surface area (Å²) >= 11 is 1.64. The second kappa shape index (κ2) is 7.05. The van der Waals surface area contributed by atoms with Crippen molar-refractivity contribution in [2.75, 3.05) is 6.54 Å². The second-order valence-electron chi connectivity index (χ2n) is 5.69. The normalized spacial score (nSPS) is 11.0. The van der Waals surface area contributed by atoms with E-state index in [0.29, 0.717) is 28.7 Å². The van der Waals surface area contributed by atoms with E-state index < -0.39 is 0 Å². The van der Waals surface area contributed by atoms with Gasteiger partial charge in [-0.25, -0.2) is 9.37 Å². The van der Waals surface area contributed by atoms with Crippen LogP contribution in [0.3, 0.4) is 0 Å². The highest BCUT2D eigenvalue weighted by Gasteiger charge is 2.12. The van der Waals surface area contributed by atoms with E-state index in [-0.39, 0.29) is 11.7 Å². The molecule has 1 aromatic carbocycles. The third kappa shape index (κ3) is 3.59. The molecule has 0 spiro atoms. The number of pyridine rings is 1. The standard InChI is InChI=1S/C18H18FN3OS/c1-11-8-15(14-6-5-13(19)9-16(14)22-11)18(23)20-7-3-4-17-12(2)21-10-24-17/h5-6,8-10H,3-4,7H2,1-2H3,(H,20,23).